The first-order valence-electron chi connectivity index (χ1n) is 7.44. The van der Waals surface area contributed by atoms with Crippen LogP contribution >= 0.6 is 11.6 Å². The van der Waals surface area contributed by atoms with E-state index in [0.717, 1.165) is 6.07 Å². The fraction of sp³-hybridized carbons (Fsp3) is 0.0588. The highest BCUT2D eigenvalue weighted by molar-refractivity contribution is 7.89. The molecule has 7 nitrogen and oxygen atoms in total. The molecule has 0 aliphatic rings. The molecule has 0 bridgehead atoms. The van der Waals surface area contributed by atoms with Gasteiger partial charge in [0.05, 0.1) is 16.8 Å². The molecule has 10 heteroatoms. The molecule has 0 spiro atoms. The second-order valence-corrected chi connectivity index (χ2v) is 7.33. The maximum Gasteiger partial charge on any atom is 0.338 e. The molecule has 1 aromatic heterocycles. The quantitative estimate of drug-likeness (QED) is 0.646. The van der Waals surface area contributed by atoms with Crippen molar-refractivity contribution in [2.24, 2.45) is 5.14 Å². The third-order valence-electron chi connectivity index (χ3n) is 3.48. The van der Waals surface area contributed by atoms with E-state index in [1.54, 1.807) is 0 Å². The number of carbonyl (C=O) groups excluding carboxylic acids is 1. The average molecular weight is 411 g/mol. The number of benzene rings is 2. The topological polar surface area (TPSA) is 112 Å². The Morgan fingerprint density at radius 1 is 1.22 bits per heavy atom. The number of halogens is 2. The van der Waals surface area contributed by atoms with Gasteiger partial charge < -0.3 is 9.15 Å². The van der Waals surface area contributed by atoms with Crippen LogP contribution in [0.15, 0.2) is 58.0 Å². The van der Waals surface area contributed by atoms with Crippen LogP contribution in [0, 0.1) is 5.82 Å². The third kappa shape index (κ3) is 4.51. The van der Waals surface area contributed by atoms with E-state index in [9.17, 15) is 17.6 Å². The van der Waals surface area contributed by atoms with Gasteiger partial charge in [0.2, 0.25) is 15.9 Å². The van der Waals surface area contributed by atoms with Crippen LogP contribution < -0.4 is 5.14 Å². The van der Waals surface area contributed by atoms with Crippen molar-refractivity contribution in [2.75, 3.05) is 0 Å². The van der Waals surface area contributed by atoms with Gasteiger partial charge in [-0.25, -0.2) is 27.7 Å². The highest BCUT2D eigenvalue weighted by atomic mass is 35.5. The summed E-state index contributed by atoms with van der Waals surface area (Å²) in [4.78, 5) is 15.7. The predicted molar refractivity (Wildman–Crippen MR) is 93.8 cm³/mol. The number of aromatic nitrogens is 1. The van der Waals surface area contributed by atoms with E-state index < -0.39 is 16.0 Å². The first kappa shape index (κ1) is 19.0. The fourth-order valence-corrected chi connectivity index (χ4v) is 3.25. The Morgan fingerprint density at radius 3 is 2.59 bits per heavy atom. The first-order chi connectivity index (χ1) is 12.7. The lowest BCUT2D eigenvalue weighted by atomic mass is 10.2. The molecule has 0 fully saturated rings. The molecule has 0 aliphatic heterocycles. The van der Waals surface area contributed by atoms with Crippen molar-refractivity contribution in [3.05, 3.63) is 71.0 Å². The number of sulfonamides is 1. The van der Waals surface area contributed by atoms with Crippen molar-refractivity contribution in [1.82, 2.24) is 4.98 Å². The summed E-state index contributed by atoms with van der Waals surface area (Å²) in [5.41, 5.74) is 0.561. The van der Waals surface area contributed by atoms with E-state index in [1.807, 2.05) is 0 Å². The zero-order chi connectivity index (χ0) is 19.6. The lowest BCUT2D eigenvalue weighted by Gasteiger charge is -2.06. The number of hydrogen-bond donors (Lipinski definition) is 1. The van der Waals surface area contributed by atoms with E-state index in [0.29, 0.717) is 11.3 Å². The molecule has 0 saturated heterocycles. The number of ether oxygens (including phenoxy) is 1. The maximum atomic E-state index is 12.9. The molecule has 3 rings (SSSR count). The number of esters is 1. The normalized spacial score (nSPS) is 11.4. The molecule has 0 radical (unpaired) electrons. The standard InChI is InChI=1S/C17H12ClFN2O5S/c18-13-6-3-11(7-15(13)27(20,23)24)17(22)25-9-16-21-8-14(26-16)10-1-4-12(19)5-2-10/h1-8H,9H2,(H2,20,23,24). The average Bonchev–Trinajstić information content (AvgIpc) is 3.08. The Morgan fingerprint density at radius 2 is 1.93 bits per heavy atom. The van der Waals surface area contributed by atoms with Gasteiger partial charge in [0.25, 0.3) is 0 Å². The number of nitrogens with zero attached hydrogens (tertiary/aromatic N) is 1. The SMILES string of the molecule is NS(=O)(=O)c1cc(C(=O)OCc2ncc(-c3ccc(F)cc3)o2)ccc1Cl. The molecular weight excluding hydrogens is 399 g/mol. The van der Waals surface area contributed by atoms with E-state index >= 15 is 0 Å². The number of carbonyl (C=O) groups is 1. The molecule has 0 aliphatic carbocycles. The molecule has 1 heterocycles. The van der Waals surface area contributed by atoms with Crippen molar-refractivity contribution in [1.29, 1.82) is 0 Å². The number of hydrogen-bond acceptors (Lipinski definition) is 6. The number of nitrogens with two attached hydrogens (primary N) is 1. The summed E-state index contributed by atoms with van der Waals surface area (Å²) < 4.78 is 46.4. The molecule has 0 saturated carbocycles. The van der Waals surface area contributed by atoms with E-state index in [-0.39, 0.29) is 33.8 Å². The Labute approximate surface area is 158 Å². The molecule has 3 aromatic rings. The minimum Gasteiger partial charge on any atom is -0.452 e. The van der Waals surface area contributed by atoms with E-state index in [1.165, 1.54) is 42.6 Å². The number of rotatable bonds is 5. The Balaban J connectivity index is 1.71. The monoisotopic (exact) mass is 410 g/mol. The summed E-state index contributed by atoms with van der Waals surface area (Å²) in [6, 6.07) is 9.17. The Kier molecular flexibility index (Phi) is 5.26. The minimum absolute atomic E-state index is 0.0475. The number of oxazole rings is 1. The number of primary sulfonamides is 1. The molecule has 2 aromatic carbocycles. The molecule has 0 atom stereocenters. The fourth-order valence-electron chi connectivity index (χ4n) is 2.18. The third-order valence-corrected chi connectivity index (χ3v) is 4.87. The van der Waals surface area contributed by atoms with Crippen LogP contribution in [-0.2, 0) is 21.4 Å². The van der Waals surface area contributed by atoms with Crippen LogP contribution in [0.25, 0.3) is 11.3 Å². The van der Waals surface area contributed by atoms with E-state index in [2.05, 4.69) is 4.98 Å². The van der Waals surface area contributed by atoms with Crippen molar-refractivity contribution in [3.63, 3.8) is 0 Å². The Hall–Kier alpha value is -2.75. The van der Waals surface area contributed by atoms with Crippen molar-refractivity contribution in [2.45, 2.75) is 11.5 Å². The molecule has 27 heavy (non-hydrogen) atoms. The predicted octanol–water partition coefficient (Wildman–Crippen LogP) is 3.14. The van der Waals surface area contributed by atoms with Gasteiger partial charge in [-0.1, -0.05) is 11.6 Å². The summed E-state index contributed by atoms with van der Waals surface area (Å²) in [6.07, 6.45) is 1.41. The molecular formula is C17H12ClFN2O5S. The summed E-state index contributed by atoms with van der Waals surface area (Å²) in [7, 11) is -4.08. The Bertz CT molecular complexity index is 1100. The van der Waals surface area contributed by atoms with Crippen molar-refractivity contribution >= 4 is 27.6 Å². The van der Waals surface area contributed by atoms with Gasteiger partial charge >= 0.3 is 5.97 Å². The van der Waals surface area contributed by atoms with Crippen molar-refractivity contribution in [3.8, 4) is 11.3 Å². The van der Waals surface area contributed by atoms with Gasteiger partial charge in [0.1, 0.15) is 10.7 Å². The largest absolute Gasteiger partial charge is 0.452 e. The molecule has 0 amide bonds. The minimum atomic E-state index is -4.08. The van der Waals surface area contributed by atoms with E-state index in [4.69, 9.17) is 25.9 Å². The zero-order valence-corrected chi connectivity index (χ0v) is 15.1. The summed E-state index contributed by atoms with van der Waals surface area (Å²) in [5.74, 6) is -0.695. The second kappa shape index (κ2) is 7.47. The first-order valence-corrected chi connectivity index (χ1v) is 9.36. The van der Waals surface area contributed by atoms with Gasteiger partial charge in [-0.15, -0.1) is 0 Å². The highest BCUT2D eigenvalue weighted by Crippen LogP contribution is 2.23. The molecule has 0 unspecified atom stereocenters. The maximum absolute atomic E-state index is 12.9. The van der Waals surface area contributed by atoms with Gasteiger partial charge in [-0.2, -0.15) is 0 Å². The van der Waals surface area contributed by atoms with Gasteiger partial charge in [0.15, 0.2) is 12.4 Å². The van der Waals surface area contributed by atoms with Crippen LogP contribution in [0.1, 0.15) is 16.2 Å². The van der Waals surface area contributed by atoms with Gasteiger partial charge in [0, 0.05) is 5.56 Å². The lowest BCUT2D eigenvalue weighted by molar-refractivity contribution is 0.0438. The van der Waals surface area contributed by atoms with Crippen LogP contribution in [0.2, 0.25) is 5.02 Å². The van der Waals surface area contributed by atoms with Crippen molar-refractivity contribution < 1.29 is 26.8 Å². The smallest absolute Gasteiger partial charge is 0.338 e. The van der Waals surface area contributed by atoms with Crippen LogP contribution in [0.5, 0.6) is 0 Å². The summed E-state index contributed by atoms with van der Waals surface area (Å²) in [6.45, 7) is -0.284. The molecule has 2 N–H and O–H groups in total. The summed E-state index contributed by atoms with van der Waals surface area (Å²) >= 11 is 5.77. The van der Waals surface area contributed by atoms with Crippen LogP contribution in [0.4, 0.5) is 4.39 Å². The molecule has 140 valence electrons. The summed E-state index contributed by atoms with van der Waals surface area (Å²) in [5, 5.41) is 4.94. The van der Waals surface area contributed by atoms with Crippen LogP contribution in [0.3, 0.4) is 0 Å². The zero-order valence-electron chi connectivity index (χ0n) is 13.6. The van der Waals surface area contributed by atoms with Gasteiger partial charge in [-0.3, -0.25) is 0 Å². The van der Waals surface area contributed by atoms with Gasteiger partial charge in [-0.05, 0) is 42.5 Å². The highest BCUT2D eigenvalue weighted by Gasteiger charge is 2.18. The van der Waals surface area contributed by atoms with Crippen LogP contribution in [-0.4, -0.2) is 19.4 Å². The second-order valence-electron chi connectivity index (χ2n) is 5.39. The lowest BCUT2D eigenvalue weighted by Crippen LogP contribution is -2.14.